The van der Waals surface area contributed by atoms with Crippen molar-refractivity contribution < 1.29 is 9.90 Å². The van der Waals surface area contributed by atoms with Crippen molar-refractivity contribution in [3.8, 4) is 0 Å². The van der Waals surface area contributed by atoms with Crippen molar-refractivity contribution >= 4 is 5.91 Å². The van der Waals surface area contributed by atoms with E-state index in [1.54, 1.807) is 4.90 Å². The van der Waals surface area contributed by atoms with Gasteiger partial charge in [-0.15, -0.1) is 0 Å². The smallest absolute Gasteiger partial charge is 0.239 e. The van der Waals surface area contributed by atoms with Crippen LogP contribution in [0.1, 0.15) is 46.5 Å². The predicted molar refractivity (Wildman–Crippen MR) is 70.6 cm³/mol. The molecule has 0 bridgehead atoms. The highest BCUT2D eigenvalue weighted by Crippen LogP contribution is 2.06. The Morgan fingerprint density at radius 3 is 2.35 bits per heavy atom. The van der Waals surface area contributed by atoms with Crippen molar-refractivity contribution in [1.82, 2.24) is 4.90 Å². The van der Waals surface area contributed by atoms with E-state index in [2.05, 4.69) is 6.92 Å². The van der Waals surface area contributed by atoms with Gasteiger partial charge in [-0.1, -0.05) is 40.0 Å². The molecule has 102 valence electrons. The highest BCUT2D eigenvalue weighted by Gasteiger charge is 2.22. The van der Waals surface area contributed by atoms with E-state index in [-0.39, 0.29) is 18.4 Å². The first-order chi connectivity index (χ1) is 8.04. The Hall–Kier alpha value is -0.610. The lowest BCUT2D eigenvalue weighted by Crippen LogP contribution is -2.47. The summed E-state index contributed by atoms with van der Waals surface area (Å²) in [6, 6.07) is -0.451. The molecule has 0 radical (unpaired) electrons. The van der Waals surface area contributed by atoms with E-state index in [0.29, 0.717) is 13.1 Å². The van der Waals surface area contributed by atoms with E-state index < -0.39 is 6.04 Å². The third-order valence-electron chi connectivity index (χ3n) is 2.97. The van der Waals surface area contributed by atoms with Gasteiger partial charge in [0.25, 0.3) is 0 Å². The van der Waals surface area contributed by atoms with Crippen LogP contribution in [-0.4, -0.2) is 41.7 Å². The largest absolute Gasteiger partial charge is 0.395 e. The summed E-state index contributed by atoms with van der Waals surface area (Å²) in [5.41, 5.74) is 5.85. The lowest BCUT2D eigenvalue weighted by molar-refractivity contribution is -0.134. The zero-order chi connectivity index (χ0) is 13.3. The average Bonchev–Trinajstić information content (AvgIpc) is 2.31. The summed E-state index contributed by atoms with van der Waals surface area (Å²) < 4.78 is 0. The number of carbonyl (C=O) groups is 1. The lowest BCUT2D eigenvalue weighted by Gasteiger charge is -2.26. The van der Waals surface area contributed by atoms with Gasteiger partial charge in [0.05, 0.1) is 12.6 Å². The van der Waals surface area contributed by atoms with E-state index >= 15 is 0 Å². The maximum absolute atomic E-state index is 12.0. The first-order valence-corrected chi connectivity index (χ1v) is 6.69. The summed E-state index contributed by atoms with van der Waals surface area (Å²) in [5, 5.41) is 8.97. The molecule has 0 spiro atoms. The third kappa shape index (κ3) is 6.64. The molecule has 1 atom stereocenters. The van der Waals surface area contributed by atoms with Crippen molar-refractivity contribution in [2.45, 2.75) is 52.5 Å². The van der Waals surface area contributed by atoms with Crippen molar-refractivity contribution in [2.75, 3.05) is 19.7 Å². The van der Waals surface area contributed by atoms with E-state index in [9.17, 15) is 4.79 Å². The molecular formula is C13H28N2O2. The third-order valence-corrected chi connectivity index (χ3v) is 2.97. The first-order valence-electron chi connectivity index (χ1n) is 6.69. The van der Waals surface area contributed by atoms with Gasteiger partial charge in [0, 0.05) is 13.1 Å². The zero-order valence-corrected chi connectivity index (χ0v) is 11.5. The van der Waals surface area contributed by atoms with E-state index in [1.165, 1.54) is 12.8 Å². The molecule has 0 aromatic rings. The molecule has 0 aliphatic carbocycles. The maximum Gasteiger partial charge on any atom is 0.239 e. The van der Waals surface area contributed by atoms with Gasteiger partial charge in [0.15, 0.2) is 0 Å². The molecule has 0 aromatic carbocycles. The SMILES string of the molecule is CCCCCCN(CCO)C(=O)[C@@H](N)C(C)C. The fourth-order valence-electron chi connectivity index (χ4n) is 1.68. The molecule has 4 nitrogen and oxygen atoms in total. The molecule has 0 fully saturated rings. The molecule has 0 aliphatic rings. The lowest BCUT2D eigenvalue weighted by atomic mass is 10.0. The van der Waals surface area contributed by atoms with Crippen LogP contribution in [0.4, 0.5) is 0 Å². The van der Waals surface area contributed by atoms with Crippen LogP contribution < -0.4 is 5.73 Å². The summed E-state index contributed by atoms with van der Waals surface area (Å²) in [6.45, 7) is 7.15. The van der Waals surface area contributed by atoms with E-state index in [0.717, 1.165) is 12.8 Å². The van der Waals surface area contributed by atoms with Gasteiger partial charge in [-0.3, -0.25) is 4.79 Å². The molecule has 4 heteroatoms. The second-order valence-corrected chi connectivity index (χ2v) is 4.88. The van der Waals surface area contributed by atoms with Crippen LogP contribution in [0.15, 0.2) is 0 Å². The van der Waals surface area contributed by atoms with Crippen LogP contribution in [0, 0.1) is 5.92 Å². The molecule has 17 heavy (non-hydrogen) atoms. The zero-order valence-electron chi connectivity index (χ0n) is 11.5. The van der Waals surface area contributed by atoms with Gasteiger partial charge >= 0.3 is 0 Å². The minimum Gasteiger partial charge on any atom is -0.395 e. The molecule has 0 aliphatic heterocycles. The number of nitrogens with two attached hydrogens (primary N) is 1. The van der Waals surface area contributed by atoms with Gasteiger partial charge in [-0.25, -0.2) is 0 Å². The summed E-state index contributed by atoms with van der Waals surface area (Å²) in [7, 11) is 0. The fraction of sp³-hybridized carbons (Fsp3) is 0.923. The first kappa shape index (κ1) is 16.4. The summed E-state index contributed by atoms with van der Waals surface area (Å²) in [5.74, 6) is 0.102. The van der Waals surface area contributed by atoms with Crippen molar-refractivity contribution in [3.63, 3.8) is 0 Å². The monoisotopic (exact) mass is 244 g/mol. The summed E-state index contributed by atoms with van der Waals surface area (Å²) >= 11 is 0. The van der Waals surface area contributed by atoms with Gasteiger partial charge < -0.3 is 15.7 Å². The fourth-order valence-corrected chi connectivity index (χ4v) is 1.68. The minimum atomic E-state index is -0.451. The second kappa shape index (κ2) is 9.42. The second-order valence-electron chi connectivity index (χ2n) is 4.88. The molecule has 0 saturated heterocycles. The molecular weight excluding hydrogens is 216 g/mol. The van der Waals surface area contributed by atoms with Crippen molar-refractivity contribution in [1.29, 1.82) is 0 Å². The van der Waals surface area contributed by atoms with Crippen LogP contribution in [0.25, 0.3) is 0 Å². The Morgan fingerprint density at radius 1 is 1.24 bits per heavy atom. The van der Waals surface area contributed by atoms with Crippen LogP contribution in [0.2, 0.25) is 0 Å². The average molecular weight is 244 g/mol. The summed E-state index contributed by atoms with van der Waals surface area (Å²) in [6.07, 6.45) is 4.49. The number of aliphatic hydroxyl groups is 1. The number of carbonyl (C=O) groups excluding carboxylic acids is 1. The molecule has 0 unspecified atom stereocenters. The number of hydrogen-bond donors (Lipinski definition) is 2. The van der Waals surface area contributed by atoms with Gasteiger partial charge in [-0.05, 0) is 12.3 Å². The molecule has 3 N–H and O–H groups in total. The standard InChI is InChI=1S/C13H28N2O2/c1-4-5-6-7-8-15(9-10-16)13(17)12(14)11(2)3/h11-12,16H,4-10,14H2,1-3H3/t12-/m0/s1. The quantitative estimate of drug-likeness (QED) is 0.602. The van der Waals surface area contributed by atoms with Crippen LogP contribution in [0.5, 0.6) is 0 Å². The van der Waals surface area contributed by atoms with Crippen molar-refractivity contribution in [3.05, 3.63) is 0 Å². The van der Waals surface area contributed by atoms with Gasteiger partial charge in [0.1, 0.15) is 0 Å². The number of rotatable bonds is 9. The topological polar surface area (TPSA) is 66.6 Å². The van der Waals surface area contributed by atoms with Crippen LogP contribution in [-0.2, 0) is 4.79 Å². The number of hydrogen-bond acceptors (Lipinski definition) is 3. The molecule has 0 rings (SSSR count). The van der Waals surface area contributed by atoms with Gasteiger partial charge in [0.2, 0.25) is 5.91 Å². The van der Waals surface area contributed by atoms with E-state index in [4.69, 9.17) is 10.8 Å². The van der Waals surface area contributed by atoms with E-state index in [1.807, 2.05) is 13.8 Å². The molecule has 0 aromatic heterocycles. The number of nitrogens with zero attached hydrogens (tertiary/aromatic N) is 1. The molecule has 0 saturated carbocycles. The normalized spacial score (nSPS) is 12.8. The highest BCUT2D eigenvalue weighted by molar-refractivity contribution is 5.81. The van der Waals surface area contributed by atoms with Crippen LogP contribution >= 0.6 is 0 Å². The Kier molecular flexibility index (Phi) is 9.09. The van der Waals surface area contributed by atoms with Crippen LogP contribution in [0.3, 0.4) is 0 Å². The highest BCUT2D eigenvalue weighted by atomic mass is 16.3. The predicted octanol–water partition coefficient (Wildman–Crippen LogP) is 1.37. The Morgan fingerprint density at radius 2 is 1.88 bits per heavy atom. The minimum absolute atomic E-state index is 0.00430. The maximum atomic E-state index is 12.0. The Bertz CT molecular complexity index is 208. The Labute approximate surface area is 105 Å². The molecule has 1 amide bonds. The number of aliphatic hydroxyl groups excluding tert-OH is 1. The molecule has 0 heterocycles. The van der Waals surface area contributed by atoms with Crippen molar-refractivity contribution in [2.24, 2.45) is 11.7 Å². The summed E-state index contributed by atoms with van der Waals surface area (Å²) in [4.78, 5) is 13.7. The number of unbranched alkanes of at least 4 members (excludes halogenated alkanes) is 3. The number of amides is 1. The van der Waals surface area contributed by atoms with Gasteiger partial charge in [-0.2, -0.15) is 0 Å². The Balaban J connectivity index is 4.16.